The molecule has 2 saturated heterocycles. The van der Waals surface area contributed by atoms with Crippen LogP contribution >= 0.6 is 0 Å². The fraction of sp³-hybridized carbons (Fsp3) is 0.909. The van der Waals surface area contributed by atoms with Gasteiger partial charge in [-0.25, -0.2) is 0 Å². The topological polar surface area (TPSA) is 52.7 Å². The first-order valence-corrected chi connectivity index (χ1v) is 11.3. The quantitative estimate of drug-likeness (QED) is 0.773. The van der Waals surface area contributed by atoms with Gasteiger partial charge in [0.1, 0.15) is 11.6 Å². The molecule has 27 heavy (non-hydrogen) atoms. The van der Waals surface area contributed by atoms with Gasteiger partial charge < -0.3 is 15.1 Å². The maximum absolute atomic E-state index is 13.2. The lowest BCUT2D eigenvalue weighted by atomic mass is 9.80. The third kappa shape index (κ3) is 4.49. The Labute approximate surface area is 165 Å². The Hall–Kier alpha value is -1.10. The molecule has 0 radical (unpaired) electrons. The van der Waals surface area contributed by atoms with Gasteiger partial charge in [0.05, 0.1) is 0 Å². The van der Waals surface area contributed by atoms with Gasteiger partial charge >= 0.3 is 0 Å². The Kier molecular flexibility index (Phi) is 6.83. The van der Waals surface area contributed by atoms with E-state index in [2.05, 4.69) is 31.0 Å². The third-order valence-corrected chi connectivity index (χ3v) is 6.89. The van der Waals surface area contributed by atoms with E-state index < -0.39 is 5.54 Å². The molecule has 1 N–H and O–H groups in total. The minimum absolute atomic E-state index is 0.0958. The Bertz CT molecular complexity index is 520. The van der Waals surface area contributed by atoms with Gasteiger partial charge in [-0.15, -0.1) is 0 Å². The van der Waals surface area contributed by atoms with Crippen molar-refractivity contribution in [2.45, 2.75) is 90.1 Å². The van der Waals surface area contributed by atoms with Crippen molar-refractivity contribution < 1.29 is 9.59 Å². The maximum Gasteiger partial charge on any atom is 0.246 e. The lowest BCUT2D eigenvalue weighted by Gasteiger charge is -2.52. The first-order valence-electron chi connectivity index (χ1n) is 11.3. The predicted molar refractivity (Wildman–Crippen MR) is 108 cm³/mol. The van der Waals surface area contributed by atoms with Gasteiger partial charge in [0.15, 0.2) is 0 Å². The molecular weight excluding hydrogens is 338 g/mol. The molecule has 154 valence electrons. The zero-order valence-electron chi connectivity index (χ0n) is 17.6. The highest BCUT2D eigenvalue weighted by Gasteiger charge is 2.53. The molecule has 5 heteroatoms. The van der Waals surface area contributed by atoms with E-state index in [4.69, 9.17) is 0 Å². The SMILES string of the molecule is CCCN1C(=O)C(CC(C)C)NC(=O)C12CCN(CC1CCCCC1)CC2. The number of piperidine rings is 1. The summed E-state index contributed by atoms with van der Waals surface area (Å²) >= 11 is 0. The monoisotopic (exact) mass is 377 g/mol. The lowest BCUT2D eigenvalue weighted by Crippen LogP contribution is -2.73. The van der Waals surface area contributed by atoms with Gasteiger partial charge in [0.2, 0.25) is 11.8 Å². The van der Waals surface area contributed by atoms with Gasteiger partial charge in [0.25, 0.3) is 0 Å². The second kappa shape index (κ2) is 8.93. The first kappa shape index (κ1) is 20.6. The summed E-state index contributed by atoms with van der Waals surface area (Å²) in [4.78, 5) is 30.8. The van der Waals surface area contributed by atoms with E-state index in [1.165, 1.54) is 38.6 Å². The van der Waals surface area contributed by atoms with Crippen molar-refractivity contribution in [3.8, 4) is 0 Å². The second-order valence-electron chi connectivity index (χ2n) is 9.48. The van der Waals surface area contributed by atoms with E-state index in [9.17, 15) is 9.59 Å². The molecule has 1 unspecified atom stereocenters. The average molecular weight is 378 g/mol. The average Bonchev–Trinajstić information content (AvgIpc) is 2.65. The number of likely N-dealkylation sites (tertiary alicyclic amines) is 1. The molecule has 1 saturated carbocycles. The molecule has 0 aromatic carbocycles. The number of hydrogen-bond donors (Lipinski definition) is 1. The Morgan fingerprint density at radius 2 is 1.78 bits per heavy atom. The van der Waals surface area contributed by atoms with Crippen LogP contribution in [0.2, 0.25) is 0 Å². The highest BCUT2D eigenvalue weighted by molar-refractivity contribution is 6.00. The van der Waals surface area contributed by atoms with Crippen LogP contribution in [0.4, 0.5) is 0 Å². The second-order valence-corrected chi connectivity index (χ2v) is 9.48. The van der Waals surface area contributed by atoms with Crippen molar-refractivity contribution in [3.63, 3.8) is 0 Å². The first-order chi connectivity index (χ1) is 13.0. The largest absolute Gasteiger partial charge is 0.342 e. The maximum atomic E-state index is 13.2. The van der Waals surface area contributed by atoms with E-state index in [1.807, 2.05) is 4.90 Å². The van der Waals surface area contributed by atoms with Crippen LogP contribution in [0.15, 0.2) is 0 Å². The van der Waals surface area contributed by atoms with Gasteiger partial charge in [-0.3, -0.25) is 9.59 Å². The number of piperazine rings is 1. The summed E-state index contributed by atoms with van der Waals surface area (Å²) in [6.07, 6.45) is 10.1. The molecule has 5 nitrogen and oxygen atoms in total. The molecule has 0 aromatic heterocycles. The van der Waals surface area contributed by atoms with Gasteiger partial charge in [-0.1, -0.05) is 40.0 Å². The van der Waals surface area contributed by atoms with E-state index in [-0.39, 0.29) is 17.9 Å². The Balaban J connectivity index is 1.66. The summed E-state index contributed by atoms with van der Waals surface area (Å²) in [6.45, 7) is 10.1. The summed E-state index contributed by atoms with van der Waals surface area (Å²) in [5.41, 5.74) is -0.608. The zero-order chi connectivity index (χ0) is 19.4. The summed E-state index contributed by atoms with van der Waals surface area (Å²) in [5, 5.41) is 3.09. The molecule has 1 atom stereocenters. The molecule has 3 aliphatic rings. The molecule has 0 bridgehead atoms. The van der Waals surface area contributed by atoms with Crippen LogP contribution in [0, 0.1) is 11.8 Å². The molecule has 3 fully saturated rings. The fourth-order valence-corrected chi connectivity index (χ4v) is 5.39. The molecule has 2 amide bonds. The minimum Gasteiger partial charge on any atom is -0.342 e. The number of carbonyl (C=O) groups excluding carboxylic acids is 2. The molecule has 2 heterocycles. The van der Waals surface area contributed by atoms with Gasteiger partial charge in [0, 0.05) is 26.2 Å². The molecule has 2 aliphatic heterocycles. The zero-order valence-corrected chi connectivity index (χ0v) is 17.6. The Morgan fingerprint density at radius 1 is 1.11 bits per heavy atom. The Morgan fingerprint density at radius 3 is 2.37 bits per heavy atom. The highest BCUT2D eigenvalue weighted by Crippen LogP contribution is 2.35. The van der Waals surface area contributed by atoms with Crippen LogP contribution in [0.1, 0.15) is 78.6 Å². The van der Waals surface area contributed by atoms with Crippen LogP contribution in [0.3, 0.4) is 0 Å². The third-order valence-electron chi connectivity index (χ3n) is 6.89. The van der Waals surface area contributed by atoms with E-state index in [1.54, 1.807) is 0 Å². The van der Waals surface area contributed by atoms with Crippen molar-refractivity contribution in [1.29, 1.82) is 0 Å². The van der Waals surface area contributed by atoms with Crippen molar-refractivity contribution in [1.82, 2.24) is 15.1 Å². The summed E-state index contributed by atoms with van der Waals surface area (Å²) < 4.78 is 0. The number of hydrogen-bond acceptors (Lipinski definition) is 3. The lowest BCUT2D eigenvalue weighted by molar-refractivity contribution is -0.161. The number of amides is 2. The van der Waals surface area contributed by atoms with Crippen molar-refractivity contribution in [2.24, 2.45) is 11.8 Å². The van der Waals surface area contributed by atoms with Crippen LogP contribution in [-0.2, 0) is 9.59 Å². The molecule has 1 spiro atoms. The van der Waals surface area contributed by atoms with E-state index >= 15 is 0 Å². The number of nitrogens with one attached hydrogen (secondary N) is 1. The van der Waals surface area contributed by atoms with Crippen LogP contribution in [0.5, 0.6) is 0 Å². The molecular formula is C22H39N3O2. The highest BCUT2D eigenvalue weighted by atomic mass is 16.2. The minimum atomic E-state index is -0.608. The van der Waals surface area contributed by atoms with Crippen molar-refractivity contribution in [2.75, 3.05) is 26.2 Å². The van der Waals surface area contributed by atoms with E-state index in [0.29, 0.717) is 12.5 Å². The van der Waals surface area contributed by atoms with Crippen molar-refractivity contribution in [3.05, 3.63) is 0 Å². The normalized spacial score (nSPS) is 27.4. The molecule has 3 rings (SSSR count). The predicted octanol–water partition coefficient (Wildman–Crippen LogP) is 3.18. The number of nitrogens with zero attached hydrogens (tertiary/aromatic N) is 2. The van der Waals surface area contributed by atoms with Gasteiger partial charge in [-0.05, 0) is 50.4 Å². The summed E-state index contributed by atoms with van der Waals surface area (Å²) in [7, 11) is 0. The smallest absolute Gasteiger partial charge is 0.246 e. The van der Waals surface area contributed by atoms with E-state index in [0.717, 1.165) is 44.7 Å². The molecule has 0 aromatic rings. The number of rotatable bonds is 6. The number of carbonyl (C=O) groups is 2. The summed E-state index contributed by atoms with van der Waals surface area (Å²) in [6, 6.07) is -0.338. The fourth-order valence-electron chi connectivity index (χ4n) is 5.39. The van der Waals surface area contributed by atoms with Gasteiger partial charge in [-0.2, -0.15) is 0 Å². The summed E-state index contributed by atoms with van der Waals surface area (Å²) in [5.74, 6) is 1.47. The van der Waals surface area contributed by atoms with Crippen LogP contribution in [-0.4, -0.2) is 59.4 Å². The standard InChI is InChI=1S/C22H39N3O2/c1-4-12-25-20(26)19(15-17(2)3)23-21(27)22(25)10-13-24(14-11-22)16-18-8-6-5-7-9-18/h17-19H,4-16H2,1-3H3,(H,23,27). The van der Waals surface area contributed by atoms with Crippen LogP contribution < -0.4 is 5.32 Å². The molecule has 1 aliphatic carbocycles. The van der Waals surface area contributed by atoms with Crippen LogP contribution in [0.25, 0.3) is 0 Å². The van der Waals surface area contributed by atoms with Crippen molar-refractivity contribution >= 4 is 11.8 Å².